The summed E-state index contributed by atoms with van der Waals surface area (Å²) >= 11 is 4.86. The van der Waals surface area contributed by atoms with Gasteiger partial charge in [0.2, 0.25) is 5.91 Å². The van der Waals surface area contributed by atoms with Crippen LogP contribution >= 0.6 is 27.3 Å². The SMILES string of the molecule is CC(C)(C)OC(=O)C[C@H]1CCCCC/C=C\[C@@H]2C[C@@]2(C(=O)O)CC(=O)[C@@H]2C[C@@H](Oc3nc4ccc(Br)cc4s3)CN2C1=O. The highest BCUT2D eigenvalue weighted by Gasteiger charge is 2.61. The minimum absolute atomic E-state index is 0.0766. The summed E-state index contributed by atoms with van der Waals surface area (Å²) in [5.74, 6) is -2.84. The van der Waals surface area contributed by atoms with E-state index >= 15 is 0 Å². The van der Waals surface area contributed by atoms with Gasteiger partial charge in [-0.05, 0) is 70.6 Å². The van der Waals surface area contributed by atoms with E-state index in [1.54, 1.807) is 20.8 Å². The largest absolute Gasteiger partial charge is 0.481 e. The number of carbonyl (C=O) groups excluding carboxylic acids is 3. The van der Waals surface area contributed by atoms with E-state index in [9.17, 15) is 24.3 Å². The van der Waals surface area contributed by atoms with Crippen molar-refractivity contribution in [3.8, 4) is 5.19 Å². The maximum Gasteiger partial charge on any atom is 0.310 e. The summed E-state index contributed by atoms with van der Waals surface area (Å²) in [4.78, 5) is 59.4. The highest BCUT2D eigenvalue weighted by Crippen LogP contribution is 2.57. The maximum absolute atomic E-state index is 14.2. The van der Waals surface area contributed by atoms with Crippen LogP contribution in [0, 0.1) is 17.3 Å². The van der Waals surface area contributed by atoms with Gasteiger partial charge in [0.25, 0.3) is 5.19 Å². The summed E-state index contributed by atoms with van der Waals surface area (Å²) in [6.07, 6.45) is 7.72. The van der Waals surface area contributed by atoms with Crippen molar-refractivity contribution < 1.29 is 33.8 Å². The number of hydrogen-bond acceptors (Lipinski definition) is 8. The number of Topliss-reactive ketones (excluding diaryl/α,β-unsaturated/α-hetero) is 1. The van der Waals surface area contributed by atoms with Gasteiger partial charge >= 0.3 is 11.9 Å². The van der Waals surface area contributed by atoms with Crippen LogP contribution in [0.2, 0.25) is 0 Å². The predicted molar refractivity (Wildman–Crippen MR) is 166 cm³/mol. The quantitative estimate of drug-likeness (QED) is 0.289. The van der Waals surface area contributed by atoms with E-state index in [2.05, 4.69) is 20.9 Å². The van der Waals surface area contributed by atoms with Crippen molar-refractivity contribution >= 4 is 61.1 Å². The van der Waals surface area contributed by atoms with Crippen LogP contribution in [-0.2, 0) is 23.9 Å². The van der Waals surface area contributed by atoms with Crippen LogP contribution in [0.4, 0.5) is 0 Å². The highest BCUT2D eigenvalue weighted by molar-refractivity contribution is 9.10. The predicted octanol–water partition coefficient (Wildman–Crippen LogP) is 6.33. The molecule has 5 atom stereocenters. The summed E-state index contributed by atoms with van der Waals surface area (Å²) in [6, 6.07) is 4.91. The Morgan fingerprint density at radius 1 is 1.21 bits per heavy atom. The molecule has 2 aliphatic heterocycles. The number of rotatable bonds is 5. The molecule has 0 spiro atoms. The van der Waals surface area contributed by atoms with E-state index < -0.39 is 41.0 Å². The van der Waals surface area contributed by atoms with Crippen molar-refractivity contribution in [3.05, 3.63) is 34.8 Å². The Bertz CT molecular complexity index is 1430. The Hall–Kier alpha value is -2.79. The van der Waals surface area contributed by atoms with Crippen LogP contribution in [0.15, 0.2) is 34.8 Å². The average Bonchev–Trinajstić information content (AvgIpc) is 3.23. The standard InChI is InChI=1S/C32H39BrN2O7S/c1-31(2,3)42-27(37)13-19-9-7-5-4-6-8-10-20-16-32(20,29(39)40)17-25(36)24-15-22(18-35(24)28(19)38)41-30-34-23-12-11-21(33)14-26(23)43-30/h8,10-12,14,19-20,22,24H,4-7,9,13,15-18H2,1-3H3,(H,39,40)/b10-8-/t19-,20-,22-,24+,32-/m1/s1. The minimum atomic E-state index is -1.14. The second-order valence-electron chi connectivity index (χ2n) is 13.0. The molecule has 1 aromatic heterocycles. The molecule has 1 saturated carbocycles. The maximum atomic E-state index is 14.2. The number of ether oxygens (including phenoxy) is 2. The molecule has 43 heavy (non-hydrogen) atoms. The third-order valence-corrected chi connectivity index (χ3v) is 9.94. The molecule has 9 nitrogen and oxygen atoms in total. The van der Waals surface area contributed by atoms with E-state index in [1.807, 2.05) is 30.4 Å². The molecule has 2 fully saturated rings. The number of aliphatic carboxylic acids is 1. The second kappa shape index (κ2) is 12.7. The third kappa shape index (κ3) is 7.48. The molecule has 3 aliphatic rings. The van der Waals surface area contributed by atoms with Crippen molar-refractivity contribution in [2.45, 2.75) is 96.3 Å². The molecule has 1 saturated heterocycles. The highest BCUT2D eigenvalue weighted by atomic mass is 79.9. The molecule has 3 heterocycles. The van der Waals surface area contributed by atoms with Crippen LogP contribution in [0.5, 0.6) is 5.19 Å². The Morgan fingerprint density at radius 3 is 2.74 bits per heavy atom. The lowest BCUT2D eigenvalue weighted by atomic mass is 9.91. The first-order valence-corrected chi connectivity index (χ1v) is 16.6. The molecule has 0 radical (unpaired) electrons. The van der Waals surface area contributed by atoms with Gasteiger partial charge in [-0.25, -0.2) is 4.98 Å². The van der Waals surface area contributed by atoms with Crippen LogP contribution in [0.1, 0.15) is 78.6 Å². The van der Waals surface area contributed by atoms with Gasteiger partial charge in [0.15, 0.2) is 5.78 Å². The molecule has 1 aromatic carbocycles. The number of esters is 1. The zero-order valence-electron chi connectivity index (χ0n) is 24.8. The van der Waals surface area contributed by atoms with Gasteiger partial charge in [-0.1, -0.05) is 52.3 Å². The number of aromatic nitrogens is 1. The van der Waals surface area contributed by atoms with Crippen molar-refractivity contribution in [1.29, 1.82) is 0 Å². The Labute approximate surface area is 264 Å². The first-order chi connectivity index (χ1) is 20.3. The fourth-order valence-electron chi connectivity index (χ4n) is 6.26. The van der Waals surface area contributed by atoms with Gasteiger partial charge in [-0.3, -0.25) is 19.2 Å². The number of hydrogen-bond donors (Lipinski definition) is 1. The zero-order valence-corrected chi connectivity index (χ0v) is 27.2. The molecule has 1 N–H and O–H groups in total. The van der Waals surface area contributed by atoms with Gasteiger partial charge in [0, 0.05) is 23.2 Å². The smallest absolute Gasteiger partial charge is 0.310 e. The summed E-state index contributed by atoms with van der Waals surface area (Å²) in [5, 5.41) is 10.6. The summed E-state index contributed by atoms with van der Waals surface area (Å²) in [7, 11) is 0. The number of ketones is 1. The van der Waals surface area contributed by atoms with Crippen LogP contribution in [0.3, 0.4) is 0 Å². The lowest BCUT2D eigenvalue weighted by Crippen LogP contribution is -2.45. The van der Waals surface area contributed by atoms with Gasteiger partial charge in [-0.2, -0.15) is 0 Å². The lowest BCUT2D eigenvalue weighted by molar-refractivity contribution is -0.159. The van der Waals surface area contributed by atoms with Crippen molar-refractivity contribution in [2.24, 2.45) is 17.3 Å². The molecule has 11 heteroatoms. The van der Waals surface area contributed by atoms with Gasteiger partial charge in [0.05, 0.1) is 34.6 Å². The van der Waals surface area contributed by atoms with Crippen LogP contribution < -0.4 is 4.74 Å². The summed E-state index contributed by atoms with van der Waals surface area (Å²) in [5.41, 5.74) is -1.04. The number of allylic oxidation sites excluding steroid dienone is 2. The number of carboxylic acid groups (broad SMARTS) is 1. The molecular formula is C32H39BrN2O7S. The Balaban J connectivity index is 1.42. The fourth-order valence-corrected chi connectivity index (χ4v) is 7.70. The second-order valence-corrected chi connectivity index (χ2v) is 15.0. The third-order valence-electron chi connectivity index (χ3n) is 8.54. The number of thiazole rings is 1. The molecular weight excluding hydrogens is 636 g/mol. The molecule has 2 aromatic rings. The molecule has 232 valence electrons. The zero-order chi connectivity index (χ0) is 30.9. The number of amides is 1. The number of carbonyl (C=O) groups is 4. The summed E-state index contributed by atoms with van der Waals surface area (Å²) in [6.45, 7) is 5.52. The topological polar surface area (TPSA) is 123 Å². The monoisotopic (exact) mass is 674 g/mol. The number of fused-ring (bicyclic) bond motifs is 3. The Kier molecular flexibility index (Phi) is 9.32. The van der Waals surface area contributed by atoms with Crippen LogP contribution in [0.25, 0.3) is 10.2 Å². The first kappa shape index (κ1) is 31.6. The first-order valence-electron chi connectivity index (χ1n) is 15.0. The van der Waals surface area contributed by atoms with E-state index in [4.69, 9.17) is 9.47 Å². The molecule has 1 aliphatic carbocycles. The van der Waals surface area contributed by atoms with Crippen molar-refractivity contribution in [3.63, 3.8) is 0 Å². The number of nitrogens with zero attached hydrogens (tertiary/aromatic N) is 2. The van der Waals surface area contributed by atoms with Gasteiger partial charge in [0.1, 0.15) is 11.7 Å². The van der Waals surface area contributed by atoms with Crippen molar-refractivity contribution in [1.82, 2.24) is 9.88 Å². The number of carboxylic acids is 1. The lowest BCUT2D eigenvalue weighted by Gasteiger charge is -2.29. The average molecular weight is 676 g/mol. The van der Waals surface area contributed by atoms with E-state index in [-0.39, 0.29) is 43.4 Å². The van der Waals surface area contributed by atoms with E-state index in [0.717, 1.165) is 40.4 Å². The van der Waals surface area contributed by atoms with Crippen molar-refractivity contribution in [2.75, 3.05) is 6.54 Å². The molecule has 1 amide bonds. The van der Waals surface area contributed by atoms with Gasteiger partial charge < -0.3 is 19.5 Å². The van der Waals surface area contributed by atoms with E-state index in [0.29, 0.717) is 18.0 Å². The molecule has 5 rings (SSSR count). The Morgan fingerprint density at radius 2 is 2.00 bits per heavy atom. The fraction of sp³-hybridized carbons (Fsp3) is 0.594. The van der Waals surface area contributed by atoms with E-state index in [1.165, 1.54) is 16.2 Å². The molecule has 0 bridgehead atoms. The molecule has 0 unspecified atom stereocenters. The van der Waals surface area contributed by atoms with Gasteiger partial charge in [-0.15, -0.1) is 0 Å². The normalized spacial score (nSPS) is 29.3. The number of benzene rings is 1. The number of halogens is 1. The van der Waals surface area contributed by atoms with Crippen LogP contribution in [-0.4, -0.2) is 62.9 Å². The minimum Gasteiger partial charge on any atom is -0.481 e. The summed E-state index contributed by atoms with van der Waals surface area (Å²) < 4.78 is 13.7.